The molecule has 1 aliphatic rings. The van der Waals surface area contributed by atoms with E-state index in [1.807, 2.05) is 0 Å². The Morgan fingerprint density at radius 1 is 1.22 bits per heavy atom. The van der Waals surface area contributed by atoms with Gasteiger partial charge in [-0.15, -0.1) is 0 Å². The van der Waals surface area contributed by atoms with Crippen LogP contribution in [0, 0.1) is 0 Å². The average molecular weight is 391 g/mol. The molecule has 0 fully saturated rings. The first-order chi connectivity index (χ1) is 12.9. The van der Waals surface area contributed by atoms with Crippen LogP contribution in [0.15, 0.2) is 47.4 Å². The minimum Gasteiger partial charge on any atom is -0.454 e. The van der Waals surface area contributed by atoms with Gasteiger partial charge in [-0.3, -0.25) is 9.59 Å². The van der Waals surface area contributed by atoms with Crippen LogP contribution in [0.2, 0.25) is 0 Å². The zero-order valence-corrected chi connectivity index (χ0v) is 15.0. The normalized spacial score (nSPS) is 15.4. The number of hydrogen-bond acceptors (Lipinski definition) is 5. The van der Waals surface area contributed by atoms with E-state index in [4.69, 9.17) is 4.74 Å². The Hall–Kier alpha value is -2.74. The van der Waals surface area contributed by atoms with Crippen molar-refractivity contribution >= 4 is 35.1 Å². The number of rotatable bonds is 6. The van der Waals surface area contributed by atoms with Gasteiger partial charge >= 0.3 is 5.97 Å². The molecule has 1 heterocycles. The molecule has 0 aliphatic carbocycles. The predicted octanol–water partition coefficient (Wildman–Crippen LogP) is 4.10. The number of ketones is 1. The van der Waals surface area contributed by atoms with Crippen LogP contribution < -0.4 is 5.32 Å². The van der Waals surface area contributed by atoms with Gasteiger partial charge in [-0.1, -0.05) is 23.9 Å². The number of hydrogen-bond donors (Lipinski definition) is 1. The monoisotopic (exact) mass is 391 g/mol. The van der Waals surface area contributed by atoms with Crippen LogP contribution in [0.3, 0.4) is 0 Å². The Morgan fingerprint density at radius 2 is 1.96 bits per heavy atom. The van der Waals surface area contributed by atoms with Crippen molar-refractivity contribution < 1.29 is 27.9 Å². The number of halogens is 2. The number of Topliss-reactive ketones (excluding diaryl/α,β-unsaturated/α-hetero) is 1. The molecule has 140 valence electrons. The third kappa shape index (κ3) is 4.16. The fourth-order valence-corrected chi connectivity index (χ4v) is 3.34. The lowest BCUT2D eigenvalue weighted by Gasteiger charge is -2.09. The van der Waals surface area contributed by atoms with Gasteiger partial charge < -0.3 is 10.1 Å². The zero-order valence-electron chi connectivity index (χ0n) is 14.2. The second kappa shape index (κ2) is 7.87. The fraction of sp³-hybridized carbons (Fsp3) is 0.211. The first-order valence-electron chi connectivity index (χ1n) is 8.06. The van der Waals surface area contributed by atoms with Crippen LogP contribution in [0.25, 0.3) is 0 Å². The van der Waals surface area contributed by atoms with Gasteiger partial charge in [0.2, 0.25) is 5.91 Å². The molecule has 8 heteroatoms. The highest BCUT2D eigenvalue weighted by molar-refractivity contribution is 7.99. The second-order valence-electron chi connectivity index (χ2n) is 5.89. The smallest absolute Gasteiger partial charge is 0.339 e. The number of nitrogens with one attached hydrogen (secondary N) is 1. The first-order valence-corrected chi connectivity index (χ1v) is 8.93. The Kier molecular flexibility index (Phi) is 5.55. The quantitative estimate of drug-likeness (QED) is 0.456. The van der Waals surface area contributed by atoms with E-state index in [0.717, 1.165) is 0 Å². The minimum atomic E-state index is -2.68. The molecule has 0 aromatic heterocycles. The van der Waals surface area contributed by atoms with Gasteiger partial charge in [0.05, 0.1) is 11.5 Å². The molecule has 3 rings (SSSR count). The summed E-state index contributed by atoms with van der Waals surface area (Å²) in [5.41, 5.74) is 1.64. The number of amides is 1. The van der Waals surface area contributed by atoms with Crippen molar-refractivity contribution in [3.05, 3.63) is 59.2 Å². The molecule has 1 aliphatic heterocycles. The standard InChI is InChI=1S/C19H15F2NO4S/c1-10-13-8-11(6-7-14(13)22-17(10)24)15(23)9-26-18(25)12-4-2-3-5-16(12)27-19(20)21/h2-8,10,19H,9H2,1H3,(H,22,24)/t10-/m1/s1. The van der Waals surface area contributed by atoms with Crippen LogP contribution in [0.1, 0.15) is 39.1 Å². The third-order valence-electron chi connectivity index (χ3n) is 4.15. The molecule has 1 atom stereocenters. The van der Waals surface area contributed by atoms with Gasteiger partial charge in [-0.2, -0.15) is 8.78 Å². The number of ether oxygens (including phenoxy) is 1. The summed E-state index contributed by atoms with van der Waals surface area (Å²) in [6, 6.07) is 10.6. The van der Waals surface area contributed by atoms with Crippen molar-refractivity contribution in [2.75, 3.05) is 11.9 Å². The highest BCUT2D eigenvalue weighted by Crippen LogP contribution is 2.33. The average Bonchev–Trinajstić information content (AvgIpc) is 2.93. The largest absolute Gasteiger partial charge is 0.454 e. The summed E-state index contributed by atoms with van der Waals surface area (Å²) < 4.78 is 30.2. The van der Waals surface area contributed by atoms with E-state index in [-0.39, 0.29) is 34.0 Å². The number of carbonyl (C=O) groups is 3. The predicted molar refractivity (Wildman–Crippen MR) is 96.4 cm³/mol. The van der Waals surface area contributed by atoms with E-state index in [1.54, 1.807) is 19.1 Å². The van der Waals surface area contributed by atoms with Crippen molar-refractivity contribution in [1.29, 1.82) is 0 Å². The van der Waals surface area contributed by atoms with E-state index < -0.39 is 24.1 Å². The van der Waals surface area contributed by atoms with Crippen LogP contribution in [0.5, 0.6) is 0 Å². The second-order valence-corrected chi connectivity index (χ2v) is 6.92. The van der Waals surface area contributed by atoms with Crippen molar-refractivity contribution in [2.45, 2.75) is 23.5 Å². The van der Waals surface area contributed by atoms with E-state index in [2.05, 4.69) is 5.32 Å². The van der Waals surface area contributed by atoms with Gasteiger partial charge in [-0.25, -0.2) is 4.79 Å². The summed E-state index contributed by atoms with van der Waals surface area (Å²) >= 11 is 0.240. The van der Waals surface area contributed by atoms with Crippen molar-refractivity contribution in [1.82, 2.24) is 0 Å². The van der Waals surface area contributed by atoms with Gasteiger partial charge in [0, 0.05) is 16.1 Å². The van der Waals surface area contributed by atoms with Crippen LogP contribution in [-0.2, 0) is 9.53 Å². The van der Waals surface area contributed by atoms with Crippen molar-refractivity contribution in [3.8, 4) is 0 Å². The number of thioether (sulfide) groups is 1. The maximum absolute atomic E-state index is 12.6. The highest BCUT2D eigenvalue weighted by Gasteiger charge is 2.27. The van der Waals surface area contributed by atoms with Gasteiger partial charge in [0.15, 0.2) is 12.4 Å². The number of alkyl halides is 2. The lowest BCUT2D eigenvalue weighted by Crippen LogP contribution is -2.15. The Labute approximate surface area is 158 Å². The van der Waals surface area contributed by atoms with Crippen LogP contribution in [-0.4, -0.2) is 30.0 Å². The summed E-state index contributed by atoms with van der Waals surface area (Å²) in [6.07, 6.45) is 0. The van der Waals surface area contributed by atoms with E-state index in [9.17, 15) is 23.2 Å². The Morgan fingerprint density at radius 3 is 2.70 bits per heavy atom. The number of benzene rings is 2. The molecule has 27 heavy (non-hydrogen) atoms. The van der Waals surface area contributed by atoms with Crippen molar-refractivity contribution in [3.63, 3.8) is 0 Å². The van der Waals surface area contributed by atoms with E-state index in [0.29, 0.717) is 16.8 Å². The zero-order chi connectivity index (χ0) is 19.6. The number of anilines is 1. The Balaban J connectivity index is 1.68. The molecule has 0 radical (unpaired) electrons. The maximum Gasteiger partial charge on any atom is 0.339 e. The molecule has 1 amide bonds. The van der Waals surface area contributed by atoms with Crippen LogP contribution >= 0.6 is 11.8 Å². The maximum atomic E-state index is 12.6. The number of fused-ring (bicyclic) bond motifs is 1. The molecular formula is C19H15F2NO4S. The highest BCUT2D eigenvalue weighted by atomic mass is 32.2. The summed E-state index contributed by atoms with van der Waals surface area (Å²) in [5, 5.41) is 2.71. The molecule has 5 nitrogen and oxygen atoms in total. The van der Waals surface area contributed by atoms with Crippen molar-refractivity contribution in [2.24, 2.45) is 0 Å². The third-order valence-corrected chi connectivity index (χ3v) is 4.94. The number of carbonyl (C=O) groups excluding carboxylic acids is 3. The van der Waals surface area contributed by atoms with Crippen LogP contribution in [0.4, 0.5) is 14.5 Å². The summed E-state index contributed by atoms with van der Waals surface area (Å²) in [5.74, 6) is -4.48. The van der Waals surface area contributed by atoms with E-state index in [1.165, 1.54) is 30.3 Å². The molecule has 2 aromatic carbocycles. The minimum absolute atomic E-state index is 0.0204. The van der Waals surface area contributed by atoms with Gasteiger partial charge in [0.1, 0.15) is 0 Å². The molecule has 1 N–H and O–H groups in total. The molecule has 0 spiro atoms. The molecule has 0 saturated heterocycles. The lowest BCUT2D eigenvalue weighted by molar-refractivity contribution is -0.116. The molecule has 2 aromatic rings. The molecule has 0 bridgehead atoms. The first kappa shape index (κ1) is 19.0. The fourth-order valence-electron chi connectivity index (χ4n) is 2.72. The molecule has 0 unspecified atom stereocenters. The summed E-state index contributed by atoms with van der Waals surface area (Å²) in [7, 11) is 0. The van der Waals surface area contributed by atoms with Gasteiger partial charge in [-0.05, 0) is 42.8 Å². The molecule has 0 saturated carbocycles. The number of esters is 1. The topological polar surface area (TPSA) is 72.5 Å². The lowest BCUT2D eigenvalue weighted by atomic mass is 9.99. The van der Waals surface area contributed by atoms with Gasteiger partial charge in [0.25, 0.3) is 5.76 Å². The SMILES string of the molecule is C[C@H]1C(=O)Nc2ccc(C(=O)COC(=O)c3ccccc3SC(F)F)cc21. The Bertz CT molecular complexity index is 916. The molecular weight excluding hydrogens is 376 g/mol. The van der Waals surface area contributed by atoms with E-state index >= 15 is 0 Å². The summed E-state index contributed by atoms with van der Waals surface area (Å²) in [4.78, 5) is 36.3. The summed E-state index contributed by atoms with van der Waals surface area (Å²) in [6.45, 7) is 1.20.